The lowest BCUT2D eigenvalue weighted by Gasteiger charge is -2.08. The Bertz CT molecular complexity index is 131. The number of hydrogen-bond donors (Lipinski definition) is 0. The summed E-state index contributed by atoms with van der Waals surface area (Å²) in [5.74, 6) is 0.678. The van der Waals surface area contributed by atoms with Crippen molar-refractivity contribution in [1.82, 2.24) is 0 Å². The molecule has 1 rings (SSSR count). The van der Waals surface area contributed by atoms with Gasteiger partial charge in [-0.1, -0.05) is 13.8 Å². The minimum Gasteiger partial charge on any atom is -0.465 e. The first kappa shape index (κ1) is 7.58. The third-order valence-electron chi connectivity index (χ3n) is 2.28. The van der Waals surface area contributed by atoms with E-state index in [2.05, 4.69) is 6.92 Å². The van der Waals surface area contributed by atoms with Gasteiger partial charge in [0.25, 0.3) is 0 Å². The summed E-state index contributed by atoms with van der Waals surface area (Å²) >= 11 is 0. The fourth-order valence-corrected chi connectivity index (χ4v) is 1.51. The summed E-state index contributed by atoms with van der Waals surface area (Å²) < 4.78 is 4.92. The van der Waals surface area contributed by atoms with Crippen LogP contribution < -0.4 is 0 Å². The van der Waals surface area contributed by atoms with Crippen molar-refractivity contribution >= 4 is 5.97 Å². The first-order valence-electron chi connectivity index (χ1n) is 3.96. The van der Waals surface area contributed by atoms with Crippen molar-refractivity contribution in [3.8, 4) is 0 Å². The smallest absolute Gasteiger partial charge is 0.309 e. The summed E-state index contributed by atoms with van der Waals surface area (Å²) in [4.78, 5) is 11.0. The molecule has 0 spiro atoms. The molecule has 0 amide bonds. The van der Waals surface area contributed by atoms with Crippen LogP contribution in [0.1, 0.15) is 26.7 Å². The summed E-state index contributed by atoms with van der Waals surface area (Å²) in [7, 11) is 0. The number of carbonyl (C=O) groups excluding carboxylic acids is 1. The maximum Gasteiger partial charge on any atom is 0.309 e. The van der Waals surface area contributed by atoms with Gasteiger partial charge in [-0.15, -0.1) is 0 Å². The van der Waals surface area contributed by atoms with Gasteiger partial charge >= 0.3 is 5.97 Å². The number of rotatable bonds is 2. The Morgan fingerprint density at radius 2 is 2.20 bits per heavy atom. The summed E-state index contributed by atoms with van der Waals surface area (Å²) in [6, 6.07) is 0. The van der Waals surface area contributed by atoms with Crippen LogP contribution in [0.25, 0.3) is 0 Å². The second-order valence-electron chi connectivity index (χ2n) is 2.81. The van der Waals surface area contributed by atoms with Gasteiger partial charge in [0, 0.05) is 5.92 Å². The van der Waals surface area contributed by atoms with Gasteiger partial charge in [0.2, 0.25) is 0 Å². The lowest BCUT2D eigenvalue weighted by Crippen LogP contribution is -2.13. The van der Waals surface area contributed by atoms with E-state index in [1.165, 1.54) is 0 Å². The molecule has 58 valence electrons. The normalized spacial score (nSPS) is 32.4. The molecule has 0 aromatic carbocycles. The van der Waals surface area contributed by atoms with E-state index in [-0.39, 0.29) is 11.9 Å². The molecule has 2 atom stereocenters. The zero-order valence-electron chi connectivity index (χ0n) is 6.59. The average molecular weight is 142 g/mol. The van der Waals surface area contributed by atoms with E-state index in [0.29, 0.717) is 12.5 Å². The van der Waals surface area contributed by atoms with Crippen LogP contribution in [0.15, 0.2) is 0 Å². The Kier molecular flexibility index (Phi) is 2.30. The van der Waals surface area contributed by atoms with Crippen molar-refractivity contribution in [2.45, 2.75) is 26.7 Å². The van der Waals surface area contributed by atoms with Gasteiger partial charge in [-0.3, -0.25) is 4.79 Å². The Hall–Kier alpha value is -0.530. The molecule has 1 heterocycles. The largest absolute Gasteiger partial charge is 0.465 e. The fraction of sp³-hybridized carbons (Fsp3) is 0.875. The molecule has 2 heteroatoms. The molecule has 0 bridgehead atoms. The van der Waals surface area contributed by atoms with Crippen LogP contribution in [0.2, 0.25) is 0 Å². The van der Waals surface area contributed by atoms with Crippen molar-refractivity contribution in [2.75, 3.05) is 6.61 Å². The lowest BCUT2D eigenvalue weighted by molar-refractivity contribution is -0.141. The number of carbonyl (C=O) groups is 1. The highest BCUT2D eigenvalue weighted by Crippen LogP contribution is 2.26. The van der Waals surface area contributed by atoms with Crippen LogP contribution >= 0.6 is 0 Å². The van der Waals surface area contributed by atoms with E-state index in [4.69, 9.17) is 4.74 Å². The first-order chi connectivity index (χ1) is 4.79. The number of cyclic esters (lactones) is 1. The van der Waals surface area contributed by atoms with Crippen molar-refractivity contribution in [1.29, 1.82) is 0 Å². The summed E-state index contributed by atoms with van der Waals surface area (Å²) in [5, 5.41) is 0. The van der Waals surface area contributed by atoms with Gasteiger partial charge in [0.15, 0.2) is 0 Å². The summed E-state index contributed by atoms with van der Waals surface area (Å²) in [6.45, 7) is 4.79. The van der Waals surface area contributed by atoms with Crippen molar-refractivity contribution < 1.29 is 9.53 Å². The molecule has 0 radical (unpaired) electrons. The molecule has 0 aromatic heterocycles. The van der Waals surface area contributed by atoms with Crippen LogP contribution in [0, 0.1) is 11.8 Å². The second kappa shape index (κ2) is 3.04. The van der Waals surface area contributed by atoms with E-state index in [1.807, 2.05) is 6.92 Å². The summed E-state index contributed by atoms with van der Waals surface area (Å²) in [6.07, 6.45) is 1.99. The fourth-order valence-electron chi connectivity index (χ4n) is 1.51. The molecule has 2 nitrogen and oxygen atoms in total. The standard InChI is InChI=1S/C8H14O2/c1-3-6-5-10-8(9)7(6)4-2/h6-7H,3-5H2,1-2H3. The minimum atomic E-state index is 0.00866. The Balaban J connectivity index is 2.54. The average Bonchev–Trinajstić information content (AvgIpc) is 2.30. The molecule has 10 heavy (non-hydrogen) atoms. The molecule has 1 aliphatic rings. The van der Waals surface area contributed by atoms with Gasteiger partial charge in [0.05, 0.1) is 12.5 Å². The van der Waals surface area contributed by atoms with Gasteiger partial charge < -0.3 is 4.74 Å². The van der Waals surface area contributed by atoms with Gasteiger partial charge in [0.1, 0.15) is 0 Å². The number of hydrogen-bond acceptors (Lipinski definition) is 2. The predicted octanol–water partition coefficient (Wildman–Crippen LogP) is 1.60. The zero-order chi connectivity index (χ0) is 7.56. The van der Waals surface area contributed by atoms with Crippen LogP contribution in [0.4, 0.5) is 0 Å². The Labute approximate surface area is 61.6 Å². The monoisotopic (exact) mass is 142 g/mol. The van der Waals surface area contributed by atoms with Crippen LogP contribution in [0.3, 0.4) is 0 Å². The quantitative estimate of drug-likeness (QED) is 0.547. The molecule has 0 saturated carbocycles. The van der Waals surface area contributed by atoms with Crippen LogP contribution in [-0.2, 0) is 9.53 Å². The van der Waals surface area contributed by atoms with E-state index in [0.717, 1.165) is 12.8 Å². The van der Waals surface area contributed by atoms with Crippen molar-refractivity contribution in [3.63, 3.8) is 0 Å². The maximum absolute atomic E-state index is 11.0. The topological polar surface area (TPSA) is 26.3 Å². The van der Waals surface area contributed by atoms with E-state index >= 15 is 0 Å². The molecule has 0 N–H and O–H groups in total. The predicted molar refractivity (Wildman–Crippen MR) is 38.5 cm³/mol. The molecule has 0 aliphatic carbocycles. The highest BCUT2D eigenvalue weighted by Gasteiger charge is 2.33. The Morgan fingerprint density at radius 3 is 2.60 bits per heavy atom. The minimum absolute atomic E-state index is 0.00866. The molecule has 0 aromatic rings. The Morgan fingerprint density at radius 1 is 1.50 bits per heavy atom. The molecular weight excluding hydrogens is 128 g/mol. The van der Waals surface area contributed by atoms with Crippen LogP contribution in [0.5, 0.6) is 0 Å². The zero-order valence-corrected chi connectivity index (χ0v) is 6.59. The second-order valence-corrected chi connectivity index (χ2v) is 2.81. The maximum atomic E-state index is 11.0. The molecule has 1 saturated heterocycles. The molecule has 1 fully saturated rings. The lowest BCUT2D eigenvalue weighted by atomic mass is 9.91. The van der Waals surface area contributed by atoms with Crippen molar-refractivity contribution in [3.05, 3.63) is 0 Å². The van der Waals surface area contributed by atoms with Crippen molar-refractivity contribution in [2.24, 2.45) is 11.8 Å². The van der Waals surface area contributed by atoms with Gasteiger partial charge in [-0.2, -0.15) is 0 Å². The molecular formula is C8H14O2. The first-order valence-corrected chi connectivity index (χ1v) is 3.96. The number of ether oxygens (including phenoxy) is 1. The summed E-state index contributed by atoms with van der Waals surface area (Å²) in [5.41, 5.74) is 0. The van der Waals surface area contributed by atoms with Gasteiger partial charge in [-0.05, 0) is 12.8 Å². The highest BCUT2D eigenvalue weighted by molar-refractivity contribution is 5.74. The SMILES string of the molecule is CCC1COC(=O)C1CC. The molecule has 1 aliphatic heterocycles. The third kappa shape index (κ3) is 1.15. The number of esters is 1. The van der Waals surface area contributed by atoms with Crippen LogP contribution in [-0.4, -0.2) is 12.6 Å². The van der Waals surface area contributed by atoms with E-state index < -0.39 is 0 Å². The van der Waals surface area contributed by atoms with E-state index in [9.17, 15) is 4.79 Å². The highest BCUT2D eigenvalue weighted by atomic mass is 16.5. The third-order valence-corrected chi connectivity index (χ3v) is 2.28. The van der Waals surface area contributed by atoms with E-state index in [1.54, 1.807) is 0 Å². The molecule has 2 unspecified atom stereocenters. The van der Waals surface area contributed by atoms with Gasteiger partial charge in [-0.25, -0.2) is 0 Å².